The number of esters is 1. The molecular weight excluding hydrogens is 186 g/mol. The average Bonchev–Trinajstić information content (AvgIpc) is 2.54. The molecule has 0 saturated carbocycles. The predicted octanol–water partition coefficient (Wildman–Crippen LogP) is 2.06. The molecule has 0 spiro atoms. The molecule has 1 N–H and O–H groups in total. The van der Waals surface area contributed by atoms with Crippen LogP contribution in [0.25, 0.3) is 0 Å². The van der Waals surface area contributed by atoms with E-state index in [1.165, 1.54) is 18.9 Å². The van der Waals surface area contributed by atoms with E-state index >= 15 is 0 Å². The topological polar surface area (TPSA) is 42.1 Å². The Bertz CT molecular complexity index is 280. The second-order valence-corrected chi connectivity index (χ2v) is 4.85. The van der Waals surface area contributed by atoms with Crippen molar-refractivity contribution >= 4 is 17.7 Å². The monoisotopic (exact) mass is 199 g/mol. The molecule has 0 saturated heterocycles. The Kier molecular flexibility index (Phi) is 3.03. The van der Waals surface area contributed by atoms with Crippen molar-refractivity contribution in [3.8, 4) is 0 Å². The van der Waals surface area contributed by atoms with E-state index in [4.69, 9.17) is 4.74 Å². The third-order valence-electron chi connectivity index (χ3n) is 1.62. The zero-order valence-corrected chi connectivity index (χ0v) is 8.77. The van der Waals surface area contributed by atoms with Crippen LogP contribution in [0.4, 0.5) is 0 Å². The fraction of sp³-hybridized carbons (Fsp3) is 0.444. The number of rotatable bonds is 3. The molecule has 0 aromatic carbocycles. The van der Waals surface area contributed by atoms with Gasteiger partial charge in [-0.05, 0) is 19.9 Å². The maximum Gasteiger partial charge on any atom is 0.321 e. The van der Waals surface area contributed by atoms with E-state index in [0.29, 0.717) is 0 Å². The lowest BCUT2D eigenvalue weighted by Gasteiger charge is -2.19. The highest BCUT2D eigenvalue weighted by Crippen LogP contribution is 2.32. The summed E-state index contributed by atoms with van der Waals surface area (Å²) in [4.78, 5) is 15.3. The number of carbonyl (C=O) groups is 1. The number of aromatic amines is 1. The second kappa shape index (κ2) is 3.87. The van der Waals surface area contributed by atoms with Crippen molar-refractivity contribution in [2.45, 2.75) is 23.5 Å². The summed E-state index contributed by atoms with van der Waals surface area (Å²) in [6, 6.07) is 1.93. The molecule has 1 aromatic rings. The number of ether oxygens (including phenoxy) is 1. The Hall–Kier alpha value is -0.900. The van der Waals surface area contributed by atoms with Crippen molar-refractivity contribution in [1.29, 1.82) is 0 Å². The van der Waals surface area contributed by atoms with Crippen LogP contribution in [-0.4, -0.2) is 22.8 Å². The first-order chi connectivity index (χ1) is 6.06. The second-order valence-electron chi connectivity index (χ2n) is 3.15. The molecule has 0 aliphatic heterocycles. The van der Waals surface area contributed by atoms with Crippen LogP contribution in [0.3, 0.4) is 0 Å². The number of nitrogens with one attached hydrogen (secondary N) is 1. The van der Waals surface area contributed by atoms with Gasteiger partial charge in [0.15, 0.2) is 0 Å². The number of H-pyrrole nitrogens is 1. The van der Waals surface area contributed by atoms with Gasteiger partial charge in [0.05, 0.1) is 7.11 Å². The molecule has 0 radical (unpaired) electrons. The molecule has 0 atom stereocenters. The molecule has 0 bridgehead atoms. The number of hydrogen-bond donors (Lipinski definition) is 1. The van der Waals surface area contributed by atoms with Gasteiger partial charge < -0.3 is 9.72 Å². The van der Waals surface area contributed by atoms with Gasteiger partial charge in [-0.1, -0.05) is 0 Å². The minimum atomic E-state index is -0.531. The molecule has 0 fully saturated rings. The van der Waals surface area contributed by atoms with Crippen LogP contribution in [0.2, 0.25) is 0 Å². The Labute approximate surface area is 81.9 Å². The third-order valence-corrected chi connectivity index (χ3v) is 2.79. The van der Waals surface area contributed by atoms with E-state index in [1.807, 2.05) is 32.3 Å². The lowest BCUT2D eigenvalue weighted by molar-refractivity contribution is -0.142. The first-order valence-corrected chi connectivity index (χ1v) is 4.78. The maximum atomic E-state index is 11.3. The van der Waals surface area contributed by atoms with Crippen LogP contribution in [0.5, 0.6) is 0 Å². The highest BCUT2D eigenvalue weighted by Gasteiger charge is 2.29. The summed E-state index contributed by atoms with van der Waals surface area (Å²) in [6.45, 7) is 3.69. The summed E-state index contributed by atoms with van der Waals surface area (Å²) in [6.07, 6.45) is 3.69. The molecule has 0 unspecified atom stereocenters. The molecule has 72 valence electrons. The summed E-state index contributed by atoms with van der Waals surface area (Å²) in [5.41, 5.74) is 0. The van der Waals surface area contributed by atoms with Crippen molar-refractivity contribution in [2.24, 2.45) is 0 Å². The number of methoxy groups -OCH3 is 1. The molecule has 1 heterocycles. The number of thioether (sulfide) groups is 1. The van der Waals surface area contributed by atoms with Crippen LogP contribution in [-0.2, 0) is 9.53 Å². The van der Waals surface area contributed by atoms with Crippen molar-refractivity contribution < 1.29 is 9.53 Å². The molecule has 1 aromatic heterocycles. The van der Waals surface area contributed by atoms with E-state index in [-0.39, 0.29) is 5.97 Å². The Morgan fingerprint density at radius 2 is 2.31 bits per heavy atom. The Morgan fingerprint density at radius 3 is 2.77 bits per heavy atom. The summed E-state index contributed by atoms with van der Waals surface area (Å²) >= 11 is 1.48. The van der Waals surface area contributed by atoms with E-state index in [9.17, 15) is 4.79 Å². The van der Waals surface area contributed by atoms with Gasteiger partial charge in [-0.2, -0.15) is 0 Å². The van der Waals surface area contributed by atoms with E-state index < -0.39 is 4.75 Å². The van der Waals surface area contributed by atoms with Crippen molar-refractivity contribution in [3.63, 3.8) is 0 Å². The van der Waals surface area contributed by atoms with Crippen molar-refractivity contribution in [3.05, 3.63) is 18.5 Å². The molecule has 0 aliphatic rings. The number of carbonyl (C=O) groups excluding carboxylic acids is 1. The summed E-state index contributed by atoms with van der Waals surface area (Å²) in [5, 5.41) is 0. The first kappa shape index (κ1) is 10.2. The SMILES string of the molecule is COC(=O)C(C)(C)Sc1cc[nH]c1. The first-order valence-electron chi connectivity index (χ1n) is 3.96. The molecule has 0 amide bonds. The van der Waals surface area contributed by atoms with Gasteiger partial charge in [0.2, 0.25) is 0 Å². The average molecular weight is 199 g/mol. The maximum absolute atomic E-state index is 11.3. The standard InChI is InChI=1S/C9H13NO2S/c1-9(2,8(11)12-3)13-7-4-5-10-6-7/h4-6,10H,1-3H3. The summed E-state index contributed by atoms with van der Waals surface area (Å²) in [7, 11) is 1.40. The molecule has 3 nitrogen and oxygen atoms in total. The highest BCUT2D eigenvalue weighted by molar-refractivity contribution is 8.01. The fourth-order valence-electron chi connectivity index (χ4n) is 0.954. The molecule has 13 heavy (non-hydrogen) atoms. The molecule has 4 heteroatoms. The fourth-order valence-corrected chi connectivity index (χ4v) is 1.97. The van der Waals surface area contributed by atoms with Gasteiger partial charge in [-0.3, -0.25) is 4.79 Å². The lowest BCUT2D eigenvalue weighted by Crippen LogP contribution is -2.28. The molecule has 0 aliphatic carbocycles. The van der Waals surface area contributed by atoms with E-state index in [0.717, 1.165) is 4.90 Å². The van der Waals surface area contributed by atoms with Crippen LogP contribution < -0.4 is 0 Å². The largest absolute Gasteiger partial charge is 0.468 e. The van der Waals surface area contributed by atoms with Gasteiger partial charge in [-0.25, -0.2) is 0 Å². The number of hydrogen-bond acceptors (Lipinski definition) is 3. The quantitative estimate of drug-likeness (QED) is 0.598. The summed E-state index contributed by atoms with van der Waals surface area (Å²) < 4.78 is 4.16. The van der Waals surface area contributed by atoms with Gasteiger partial charge in [0.1, 0.15) is 4.75 Å². The van der Waals surface area contributed by atoms with Gasteiger partial charge >= 0.3 is 5.97 Å². The normalized spacial score (nSPS) is 11.3. The molecule has 1 rings (SSSR count). The van der Waals surface area contributed by atoms with Crippen molar-refractivity contribution in [1.82, 2.24) is 4.98 Å². The smallest absolute Gasteiger partial charge is 0.321 e. The van der Waals surface area contributed by atoms with E-state index in [1.54, 1.807) is 0 Å². The van der Waals surface area contributed by atoms with Gasteiger partial charge in [0, 0.05) is 17.3 Å². The van der Waals surface area contributed by atoms with Gasteiger partial charge in [-0.15, -0.1) is 11.8 Å². The van der Waals surface area contributed by atoms with Crippen molar-refractivity contribution in [2.75, 3.05) is 7.11 Å². The van der Waals surface area contributed by atoms with Crippen LogP contribution in [0.15, 0.2) is 23.4 Å². The molecular formula is C9H13NO2S. The zero-order valence-electron chi connectivity index (χ0n) is 7.96. The van der Waals surface area contributed by atoms with E-state index in [2.05, 4.69) is 4.98 Å². The minimum Gasteiger partial charge on any atom is -0.468 e. The third kappa shape index (κ3) is 2.52. The van der Waals surface area contributed by atoms with Crippen LogP contribution in [0.1, 0.15) is 13.8 Å². The number of aromatic nitrogens is 1. The summed E-state index contributed by atoms with van der Waals surface area (Å²) in [5.74, 6) is -0.210. The Morgan fingerprint density at radius 1 is 1.62 bits per heavy atom. The predicted molar refractivity (Wildman–Crippen MR) is 52.7 cm³/mol. The lowest BCUT2D eigenvalue weighted by atomic mass is 10.2. The van der Waals surface area contributed by atoms with Crippen LogP contribution in [0, 0.1) is 0 Å². The Balaban J connectivity index is 2.67. The van der Waals surface area contributed by atoms with Gasteiger partial charge in [0.25, 0.3) is 0 Å². The highest BCUT2D eigenvalue weighted by atomic mass is 32.2. The minimum absolute atomic E-state index is 0.210. The zero-order chi connectivity index (χ0) is 9.90. The van der Waals surface area contributed by atoms with Crippen LogP contribution >= 0.6 is 11.8 Å².